The number of halogens is 1. The third-order valence-corrected chi connectivity index (χ3v) is 3.55. The van der Waals surface area contributed by atoms with Crippen molar-refractivity contribution in [3.63, 3.8) is 0 Å². The SMILES string of the molecule is COCCCN(CCOC)C(=O)c1cc(Br)ccc1C. The first-order chi connectivity index (χ1) is 9.60. The van der Waals surface area contributed by atoms with Gasteiger partial charge >= 0.3 is 0 Å². The molecule has 4 nitrogen and oxygen atoms in total. The van der Waals surface area contributed by atoms with Crippen LogP contribution in [0.3, 0.4) is 0 Å². The molecule has 0 atom stereocenters. The number of aryl methyl sites for hydroxylation is 1. The van der Waals surface area contributed by atoms with Gasteiger partial charge in [0.2, 0.25) is 0 Å². The fourth-order valence-electron chi connectivity index (χ4n) is 1.91. The molecule has 0 spiro atoms. The van der Waals surface area contributed by atoms with Gasteiger partial charge in [-0.05, 0) is 31.0 Å². The molecule has 0 aliphatic rings. The van der Waals surface area contributed by atoms with Crippen LogP contribution in [-0.2, 0) is 9.47 Å². The van der Waals surface area contributed by atoms with E-state index in [4.69, 9.17) is 9.47 Å². The minimum atomic E-state index is 0.0388. The van der Waals surface area contributed by atoms with Crippen molar-refractivity contribution in [1.29, 1.82) is 0 Å². The second-order valence-corrected chi connectivity index (χ2v) is 5.51. The average Bonchev–Trinajstić information content (AvgIpc) is 2.44. The van der Waals surface area contributed by atoms with E-state index in [1.165, 1.54) is 0 Å². The minimum Gasteiger partial charge on any atom is -0.385 e. The van der Waals surface area contributed by atoms with E-state index in [9.17, 15) is 4.79 Å². The van der Waals surface area contributed by atoms with Crippen molar-refractivity contribution in [2.75, 3.05) is 40.5 Å². The summed E-state index contributed by atoms with van der Waals surface area (Å²) in [6.45, 7) is 4.39. The Hall–Kier alpha value is -0.910. The highest BCUT2D eigenvalue weighted by Crippen LogP contribution is 2.18. The van der Waals surface area contributed by atoms with Crippen LogP contribution in [0, 0.1) is 6.92 Å². The normalized spacial score (nSPS) is 10.6. The number of nitrogens with zero attached hydrogens (tertiary/aromatic N) is 1. The van der Waals surface area contributed by atoms with E-state index in [-0.39, 0.29) is 5.91 Å². The standard InChI is InChI=1S/C15H22BrNO3/c1-12-5-6-13(16)11-14(12)15(18)17(8-10-20-3)7-4-9-19-2/h5-6,11H,4,7-10H2,1-3H3. The summed E-state index contributed by atoms with van der Waals surface area (Å²) in [6.07, 6.45) is 0.818. The molecule has 0 radical (unpaired) electrons. The summed E-state index contributed by atoms with van der Waals surface area (Å²) in [5.74, 6) is 0.0388. The number of methoxy groups -OCH3 is 2. The Labute approximate surface area is 129 Å². The highest BCUT2D eigenvalue weighted by Gasteiger charge is 2.17. The summed E-state index contributed by atoms with van der Waals surface area (Å²) in [4.78, 5) is 14.4. The Morgan fingerprint density at radius 2 is 1.90 bits per heavy atom. The molecule has 0 aliphatic carbocycles. The molecular formula is C15H22BrNO3. The molecule has 20 heavy (non-hydrogen) atoms. The summed E-state index contributed by atoms with van der Waals surface area (Å²) < 4.78 is 11.0. The summed E-state index contributed by atoms with van der Waals surface area (Å²) in [6, 6.07) is 5.76. The van der Waals surface area contributed by atoms with E-state index in [0.29, 0.717) is 26.3 Å². The molecule has 5 heteroatoms. The molecule has 1 amide bonds. The molecule has 0 bridgehead atoms. The average molecular weight is 344 g/mol. The zero-order chi connectivity index (χ0) is 15.0. The van der Waals surface area contributed by atoms with Crippen LogP contribution < -0.4 is 0 Å². The number of hydrogen-bond acceptors (Lipinski definition) is 3. The molecule has 0 heterocycles. The van der Waals surface area contributed by atoms with E-state index in [2.05, 4.69) is 15.9 Å². The number of hydrogen-bond donors (Lipinski definition) is 0. The maximum absolute atomic E-state index is 12.6. The zero-order valence-corrected chi connectivity index (χ0v) is 13.9. The molecule has 0 fully saturated rings. The lowest BCUT2D eigenvalue weighted by molar-refractivity contribution is 0.0673. The summed E-state index contributed by atoms with van der Waals surface area (Å²) in [7, 11) is 3.31. The van der Waals surface area contributed by atoms with E-state index < -0.39 is 0 Å². The van der Waals surface area contributed by atoms with Gasteiger partial charge in [0.05, 0.1) is 6.61 Å². The number of amides is 1. The molecule has 112 valence electrons. The molecule has 1 rings (SSSR count). The van der Waals surface area contributed by atoms with Gasteiger partial charge in [-0.2, -0.15) is 0 Å². The second kappa shape index (κ2) is 9.10. The van der Waals surface area contributed by atoms with E-state index >= 15 is 0 Å². The molecule has 0 saturated heterocycles. The van der Waals surface area contributed by atoms with Gasteiger partial charge in [0.15, 0.2) is 0 Å². The number of carbonyl (C=O) groups excluding carboxylic acids is 1. The van der Waals surface area contributed by atoms with Crippen molar-refractivity contribution >= 4 is 21.8 Å². The Morgan fingerprint density at radius 3 is 2.55 bits per heavy atom. The summed E-state index contributed by atoms with van der Waals surface area (Å²) >= 11 is 3.41. The van der Waals surface area contributed by atoms with Crippen molar-refractivity contribution in [2.24, 2.45) is 0 Å². The van der Waals surface area contributed by atoms with Gasteiger partial charge in [0.1, 0.15) is 0 Å². The van der Waals surface area contributed by atoms with Gasteiger partial charge < -0.3 is 14.4 Å². The molecule has 0 aliphatic heterocycles. The highest BCUT2D eigenvalue weighted by atomic mass is 79.9. The molecule has 1 aromatic rings. The number of rotatable bonds is 8. The van der Waals surface area contributed by atoms with Crippen LogP contribution in [0.2, 0.25) is 0 Å². The van der Waals surface area contributed by atoms with Crippen molar-refractivity contribution < 1.29 is 14.3 Å². The largest absolute Gasteiger partial charge is 0.385 e. The second-order valence-electron chi connectivity index (χ2n) is 4.59. The fraction of sp³-hybridized carbons (Fsp3) is 0.533. The Bertz CT molecular complexity index is 437. The van der Waals surface area contributed by atoms with Crippen molar-refractivity contribution in [3.8, 4) is 0 Å². The topological polar surface area (TPSA) is 38.8 Å². The van der Waals surface area contributed by atoms with Crippen molar-refractivity contribution in [2.45, 2.75) is 13.3 Å². The van der Waals surface area contributed by atoms with Gasteiger partial charge in [-0.3, -0.25) is 4.79 Å². The minimum absolute atomic E-state index is 0.0388. The molecular weight excluding hydrogens is 322 g/mol. The molecule has 0 aromatic heterocycles. The van der Waals surface area contributed by atoms with Crippen LogP contribution in [0.15, 0.2) is 22.7 Å². The monoisotopic (exact) mass is 343 g/mol. The Kier molecular flexibility index (Phi) is 7.80. The number of carbonyl (C=O) groups is 1. The lowest BCUT2D eigenvalue weighted by Gasteiger charge is -2.23. The third kappa shape index (κ3) is 5.23. The van der Waals surface area contributed by atoms with E-state index in [1.807, 2.05) is 30.0 Å². The summed E-state index contributed by atoms with van der Waals surface area (Å²) in [5.41, 5.74) is 1.71. The van der Waals surface area contributed by atoms with Crippen LogP contribution in [0.25, 0.3) is 0 Å². The van der Waals surface area contributed by atoms with Crippen molar-refractivity contribution in [3.05, 3.63) is 33.8 Å². The van der Waals surface area contributed by atoms with Gasteiger partial charge in [-0.25, -0.2) is 0 Å². The first kappa shape index (κ1) is 17.1. The predicted octanol–water partition coefficient (Wildman–Crippen LogP) is 2.88. The van der Waals surface area contributed by atoms with Gasteiger partial charge in [0, 0.05) is 44.0 Å². The Morgan fingerprint density at radius 1 is 1.20 bits per heavy atom. The Balaban J connectivity index is 2.82. The van der Waals surface area contributed by atoms with Crippen LogP contribution in [0.4, 0.5) is 0 Å². The van der Waals surface area contributed by atoms with Gasteiger partial charge in [-0.1, -0.05) is 22.0 Å². The first-order valence-electron chi connectivity index (χ1n) is 6.63. The van der Waals surface area contributed by atoms with Crippen LogP contribution in [0.1, 0.15) is 22.3 Å². The van der Waals surface area contributed by atoms with E-state index in [0.717, 1.165) is 22.0 Å². The molecule has 0 unspecified atom stereocenters. The fourth-order valence-corrected chi connectivity index (χ4v) is 2.27. The lowest BCUT2D eigenvalue weighted by atomic mass is 10.1. The first-order valence-corrected chi connectivity index (χ1v) is 7.42. The van der Waals surface area contributed by atoms with Crippen LogP contribution >= 0.6 is 15.9 Å². The predicted molar refractivity (Wildman–Crippen MR) is 83.2 cm³/mol. The third-order valence-electron chi connectivity index (χ3n) is 3.06. The highest BCUT2D eigenvalue weighted by molar-refractivity contribution is 9.10. The lowest BCUT2D eigenvalue weighted by Crippen LogP contribution is -2.35. The van der Waals surface area contributed by atoms with Crippen molar-refractivity contribution in [1.82, 2.24) is 4.90 Å². The van der Waals surface area contributed by atoms with E-state index in [1.54, 1.807) is 14.2 Å². The van der Waals surface area contributed by atoms with Gasteiger partial charge in [-0.15, -0.1) is 0 Å². The number of ether oxygens (including phenoxy) is 2. The molecule has 0 saturated carbocycles. The summed E-state index contributed by atoms with van der Waals surface area (Å²) in [5, 5.41) is 0. The number of benzene rings is 1. The maximum Gasteiger partial charge on any atom is 0.254 e. The maximum atomic E-state index is 12.6. The molecule has 1 aromatic carbocycles. The quantitative estimate of drug-likeness (QED) is 0.681. The van der Waals surface area contributed by atoms with Gasteiger partial charge in [0.25, 0.3) is 5.91 Å². The molecule has 0 N–H and O–H groups in total. The zero-order valence-electron chi connectivity index (χ0n) is 12.3. The van der Waals surface area contributed by atoms with Crippen LogP contribution in [-0.4, -0.2) is 51.3 Å². The smallest absolute Gasteiger partial charge is 0.254 e. The van der Waals surface area contributed by atoms with Crippen LogP contribution in [0.5, 0.6) is 0 Å².